The van der Waals surface area contributed by atoms with Gasteiger partial charge in [-0.15, -0.1) is 0 Å². The Morgan fingerprint density at radius 1 is 1.15 bits per heavy atom. The number of hydrogen-bond donors (Lipinski definition) is 1. The summed E-state index contributed by atoms with van der Waals surface area (Å²) in [4.78, 5) is 26.3. The summed E-state index contributed by atoms with van der Waals surface area (Å²) < 4.78 is 5.63. The number of amides is 2. The molecule has 1 N–H and O–H groups in total. The molecule has 1 atom stereocenters. The number of hydrogen-bond acceptors (Lipinski definition) is 3. The maximum absolute atomic E-state index is 12.3. The standard InChI is InChI=1S/C21H24N2O3/c1-15-6-8-18(9-7-15)23-14-17(13-20(23)24)21(25)22-10-11-26-19-5-3-4-16(2)12-19/h3-9,12,17H,10-11,13-14H2,1-2H3,(H,22,25)/t17-/m0/s1. The lowest BCUT2D eigenvalue weighted by atomic mass is 10.1. The predicted octanol–water partition coefficient (Wildman–Crippen LogP) is 2.85. The Balaban J connectivity index is 1.46. The maximum atomic E-state index is 12.3. The second-order valence-corrected chi connectivity index (χ2v) is 6.70. The van der Waals surface area contributed by atoms with E-state index in [9.17, 15) is 9.59 Å². The number of benzene rings is 2. The van der Waals surface area contributed by atoms with Crippen molar-refractivity contribution in [3.63, 3.8) is 0 Å². The summed E-state index contributed by atoms with van der Waals surface area (Å²) in [5, 5.41) is 2.87. The van der Waals surface area contributed by atoms with E-state index in [-0.39, 0.29) is 24.2 Å². The van der Waals surface area contributed by atoms with Crippen molar-refractivity contribution in [1.82, 2.24) is 5.32 Å². The summed E-state index contributed by atoms with van der Waals surface area (Å²) in [6.45, 7) is 5.25. The van der Waals surface area contributed by atoms with Gasteiger partial charge in [-0.05, 0) is 43.7 Å². The van der Waals surface area contributed by atoms with E-state index < -0.39 is 0 Å². The average molecular weight is 352 g/mol. The number of anilines is 1. The zero-order valence-electron chi connectivity index (χ0n) is 15.2. The van der Waals surface area contributed by atoms with Crippen molar-refractivity contribution in [2.24, 2.45) is 5.92 Å². The molecule has 2 aromatic rings. The van der Waals surface area contributed by atoms with Gasteiger partial charge in [0.05, 0.1) is 12.5 Å². The van der Waals surface area contributed by atoms with Crippen molar-refractivity contribution in [1.29, 1.82) is 0 Å². The quantitative estimate of drug-likeness (QED) is 0.814. The molecule has 0 aromatic heterocycles. The normalized spacial score (nSPS) is 16.6. The van der Waals surface area contributed by atoms with Gasteiger partial charge >= 0.3 is 0 Å². The lowest BCUT2D eigenvalue weighted by molar-refractivity contribution is -0.126. The van der Waals surface area contributed by atoms with Crippen molar-refractivity contribution in [2.45, 2.75) is 20.3 Å². The molecule has 26 heavy (non-hydrogen) atoms. The summed E-state index contributed by atoms with van der Waals surface area (Å²) in [5.74, 6) is 0.370. The largest absolute Gasteiger partial charge is 0.492 e. The van der Waals surface area contributed by atoms with Crippen LogP contribution in [0.15, 0.2) is 48.5 Å². The SMILES string of the molecule is Cc1ccc(N2C[C@@H](C(=O)NCCOc3cccc(C)c3)CC2=O)cc1. The second kappa shape index (κ2) is 8.04. The van der Waals surface area contributed by atoms with Crippen LogP contribution in [0.25, 0.3) is 0 Å². The molecule has 1 aliphatic heterocycles. The molecular weight excluding hydrogens is 328 g/mol. The zero-order chi connectivity index (χ0) is 18.5. The molecule has 3 rings (SSSR count). The highest BCUT2D eigenvalue weighted by molar-refractivity contribution is 6.00. The third kappa shape index (κ3) is 4.42. The molecule has 0 aliphatic carbocycles. The molecule has 0 saturated carbocycles. The third-order valence-corrected chi connectivity index (χ3v) is 4.50. The molecule has 1 aliphatic rings. The summed E-state index contributed by atoms with van der Waals surface area (Å²) in [7, 11) is 0. The summed E-state index contributed by atoms with van der Waals surface area (Å²) in [5.41, 5.74) is 3.12. The molecule has 1 fully saturated rings. The fourth-order valence-electron chi connectivity index (χ4n) is 3.05. The van der Waals surface area contributed by atoms with Gasteiger partial charge in [-0.25, -0.2) is 0 Å². The number of rotatable bonds is 6. The number of ether oxygens (including phenoxy) is 1. The lowest BCUT2D eigenvalue weighted by Gasteiger charge is -2.17. The topological polar surface area (TPSA) is 58.6 Å². The molecule has 1 saturated heterocycles. The van der Waals surface area contributed by atoms with Crippen LogP contribution in [0.2, 0.25) is 0 Å². The van der Waals surface area contributed by atoms with Gasteiger partial charge in [0.15, 0.2) is 0 Å². The van der Waals surface area contributed by atoms with Crippen LogP contribution in [0.5, 0.6) is 5.75 Å². The lowest BCUT2D eigenvalue weighted by Crippen LogP contribution is -2.35. The molecule has 2 amide bonds. The average Bonchev–Trinajstić information content (AvgIpc) is 3.01. The Morgan fingerprint density at radius 2 is 1.92 bits per heavy atom. The molecule has 2 aromatic carbocycles. The van der Waals surface area contributed by atoms with Crippen molar-refractivity contribution in [2.75, 3.05) is 24.6 Å². The molecule has 0 unspecified atom stereocenters. The van der Waals surface area contributed by atoms with E-state index in [1.807, 2.05) is 62.4 Å². The van der Waals surface area contributed by atoms with Crippen molar-refractivity contribution < 1.29 is 14.3 Å². The number of nitrogens with one attached hydrogen (secondary N) is 1. The first-order valence-electron chi connectivity index (χ1n) is 8.87. The molecule has 1 heterocycles. The molecule has 0 spiro atoms. The van der Waals surface area contributed by atoms with Gasteiger partial charge < -0.3 is 15.0 Å². The first kappa shape index (κ1) is 18.0. The molecule has 0 radical (unpaired) electrons. The van der Waals surface area contributed by atoms with Crippen LogP contribution in [-0.2, 0) is 9.59 Å². The van der Waals surface area contributed by atoms with Gasteiger partial charge in [0.2, 0.25) is 11.8 Å². The Hall–Kier alpha value is -2.82. The first-order chi connectivity index (χ1) is 12.5. The highest BCUT2D eigenvalue weighted by Crippen LogP contribution is 2.25. The third-order valence-electron chi connectivity index (χ3n) is 4.50. The van der Waals surface area contributed by atoms with Crippen LogP contribution in [-0.4, -0.2) is 31.5 Å². The van der Waals surface area contributed by atoms with E-state index >= 15 is 0 Å². The Kier molecular flexibility index (Phi) is 5.56. The van der Waals surface area contributed by atoms with Gasteiger partial charge in [-0.3, -0.25) is 9.59 Å². The summed E-state index contributed by atoms with van der Waals surface area (Å²) >= 11 is 0. The van der Waals surface area contributed by atoms with E-state index in [4.69, 9.17) is 4.74 Å². The minimum atomic E-state index is -0.317. The highest BCUT2D eigenvalue weighted by Gasteiger charge is 2.34. The van der Waals surface area contributed by atoms with Gasteiger partial charge in [0, 0.05) is 18.7 Å². The van der Waals surface area contributed by atoms with Gasteiger partial charge in [0.1, 0.15) is 12.4 Å². The monoisotopic (exact) mass is 352 g/mol. The van der Waals surface area contributed by atoms with Crippen LogP contribution in [0, 0.1) is 19.8 Å². The van der Waals surface area contributed by atoms with E-state index in [1.165, 1.54) is 0 Å². The number of nitrogens with zero attached hydrogens (tertiary/aromatic N) is 1. The minimum Gasteiger partial charge on any atom is -0.492 e. The van der Waals surface area contributed by atoms with Crippen LogP contribution in [0.3, 0.4) is 0 Å². The van der Waals surface area contributed by atoms with E-state index in [0.717, 1.165) is 22.6 Å². The molecule has 136 valence electrons. The number of carbonyl (C=O) groups is 2. The van der Waals surface area contributed by atoms with Crippen molar-refractivity contribution in [3.8, 4) is 5.75 Å². The van der Waals surface area contributed by atoms with Crippen molar-refractivity contribution >= 4 is 17.5 Å². The van der Waals surface area contributed by atoms with E-state index in [2.05, 4.69) is 5.32 Å². The van der Waals surface area contributed by atoms with Crippen molar-refractivity contribution in [3.05, 3.63) is 59.7 Å². The van der Waals surface area contributed by atoms with Gasteiger partial charge in [-0.2, -0.15) is 0 Å². The molecule has 5 heteroatoms. The summed E-state index contributed by atoms with van der Waals surface area (Å²) in [6.07, 6.45) is 0.248. The van der Waals surface area contributed by atoms with Crippen LogP contribution >= 0.6 is 0 Å². The minimum absolute atomic E-state index is 0.00925. The maximum Gasteiger partial charge on any atom is 0.227 e. The Morgan fingerprint density at radius 3 is 2.65 bits per heavy atom. The van der Waals surface area contributed by atoms with Crippen LogP contribution in [0.4, 0.5) is 5.69 Å². The second-order valence-electron chi connectivity index (χ2n) is 6.70. The van der Waals surface area contributed by atoms with E-state index in [0.29, 0.717) is 19.7 Å². The van der Waals surface area contributed by atoms with Gasteiger partial charge in [-0.1, -0.05) is 29.8 Å². The van der Waals surface area contributed by atoms with Gasteiger partial charge in [0.25, 0.3) is 0 Å². The predicted molar refractivity (Wildman–Crippen MR) is 101 cm³/mol. The highest BCUT2D eigenvalue weighted by atomic mass is 16.5. The number of carbonyl (C=O) groups excluding carboxylic acids is 2. The fraction of sp³-hybridized carbons (Fsp3) is 0.333. The number of aryl methyl sites for hydroxylation is 2. The molecular formula is C21H24N2O3. The van der Waals surface area contributed by atoms with E-state index in [1.54, 1.807) is 4.90 Å². The smallest absolute Gasteiger partial charge is 0.227 e. The summed E-state index contributed by atoms with van der Waals surface area (Å²) in [6, 6.07) is 15.6. The molecule has 0 bridgehead atoms. The molecule has 5 nitrogen and oxygen atoms in total. The zero-order valence-corrected chi connectivity index (χ0v) is 15.2. The Labute approximate surface area is 154 Å². The van der Waals surface area contributed by atoms with Crippen LogP contribution in [0.1, 0.15) is 17.5 Å². The van der Waals surface area contributed by atoms with Crippen LogP contribution < -0.4 is 15.0 Å². The first-order valence-corrected chi connectivity index (χ1v) is 8.87. The Bertz CT molecular complexity index is 786. The fourth-order valence-corrected chi connectivity index (χ4v) is 3.05.